The van der Waals surface area contributed by atoms with Crippen molar-refractivity contribution in [3.63, 3.8) is 0 Å². The van der Waals surface area contributed by atoms with Gasteiger partial charge in [0.2, 0.25) is 5.91 Å². The molecule has 1 fully saturated rings. The average molecular weight is 360 g/mol. The molecule has 5 nitrogen and oxygen atoms in total. The van der Waals surface area contributed by atoms with Crippen LogP contribution in [-0.2, 0) is 9.53 Å². The van der Waals surface area contributed by atoms with E-state index in [2.05, 4.69) is 10.6 Å². The lowest BCUT2D eigenvalue weighted by molar-refractivity contribution is -0.120. The monoisotopic (exact) mass is 359 g/mol. The second-order valence-corrected chi connectivity index (χ2v) is 6.33. The van der Waals surface area contributed by atoms with Gasteiger partial charge in [0.1, 0.15) is 5.82 Å². The highest BCUT2D eigenvalue weighted by Crippen LogP contribution is 2.21. The van der Waals surface area contributed by atoms with Crippen molar-refractivity contribution in [3.8, 4) is 0 Å². The first-order chi connectivity index (χ1) is 10.9. The van der Waals surface area contributed by atoms with E-state index in [-0.39, 0.29) is 24.4 Å². The Kier molecular flexibility index (Phi) is 7.93. The molecule has 24 heavy (non-hydrogen) atoms. The third kappa shape index (κ3) is 5.61. The van der Waals surface area contributed by atoms with E-state index in [0.717, 1.165) is 25.9 Å². The van der Waals surface area contributed by atoms with Crippen molar-refractivity contribution in [1.82, 2.24) is 0 Å². The highest BCUT2D eigenvalue weighted by molar-refractivity contribution is 5.97. The number of benzene rings is 1. The zero-order chi connectivity index (χ0) is 16.9. The number of carbonyl (C=O) groups excluding carboxylic acids is 1. The molecule has 1 aliphatic rings. The molecular weight excluding hydrogens is 333 g/mol. The zero-order valence-corrected chi connectivity index (χ0v) is 15.0. The van der Waals surface area contributed by atoms with Crippen LogP contribution in [0.25, 0.3) is 0 Å². The van der Waals surface area contributed by atoms with Crippen molar-refractivity contribution in [3.05, 3.63) is 24.0 Å². The molecule has 0 bridgehead atoms. The minimum atomic E-state index is -0.956. The van der Waals surface area contributed by atoms with Gasteiger partial charge in [-0.15, -0.1) is 12.4 Å². The van der Waals surface area contributed by atoms with E-state index in [4.69, 9.17) is 10.5 Å². The number of rotatable bonds is 7. The first-order valence-electron chi connectivity index (χ1n) is 8.17. The molecule has 1 amide bonds. The standard InChI is InChI=1S/C17H26FN3O2.ClH/c1-3-8-17(2,19)16(22)21-12-6-7-15(14(18)10-12)20-11-13-5-4-9-23-13;/h6-7,10,13,20H,3-5,8-9,11,19H2,1-2H3,(H,21,22);1H. The summed E-state index contributed by atoms with van der Waals surface area (Å²) >= 11 is 0. The van der Waals surface area contributed by atoms with Gasteiger partial charge in [0, 0.05) is 18.8 Å². The molecule has 2 unspecified atom stereocenters. The fourth-order valence-electron chi connectivity index (χ4n) is 2.67. The van der Waals surface area contributed by atoms with Crippen LogP contribution in [-0.4, -0.2) is 30.7 Å². The molecule has 0 spiro atoms. The van der Waals surface area contributed by atoms with Crippen molar-refractivity contribution in [2.75, 3.05) is 23.8 Å². The van der Waals surface area contributed by atoms with Crippen molar-refractivity contribution in [2.24, 2.45) is 5.73 Å². The van der Waals surface area contributed by atoms with E-state index in [9.17, 15) is 9.18 Å². The number of nitrogens with two attached hydrogens (primary N) is 1. The summed E-state index contributed by atoms with van der Waals surface area (Å²) in [5.74, 6) is -0.714. The summed E-state index contributed by atoms with van der Waals surface area (Å²) in [5, 5.41) is 5.72. The highest BCUT2D eigenvalue weighted by atomic mass is 35.5. The Labute approximate surface area is 148 Å². The Morgan fingerprint density at radius 3 is 2.83 bits per heavy atom. The Balaban J connectivity index is 0.00000288. The Morgan fingerprint density at radius 2 is 2.25 bits per heavy atom. The smallest absolute Gasteiger partial charge is 0.244 e. The van der Waals surface area contributed by atoms with Crippen molar-refractivity contribution < 1.29 is 13.9 Å². The molecule has 4 N–H and O–H groups in total. The van der Waals surface area contributed by atoms with Crippen LogP contribution < -0.4 is 16.4 Å². The molecule has 1 saturated heterocycles. The van der Waals surface area contributed by atoms with Crippen LogP contribution in [0.15, 0.2) is 18.2 Å². The van der Waals surface area contributed by atoms with Crippen LogP contribution in [0.5, 0.6) is 0 Å². The van der Waals surface area contributed by atoms with E-state index < -0.39 is 11.4 Å². The number of halogens is 2. The Hall–Kier alpha value is -1.37. The molecule has 1 aromatic rings. The number of hydrogen-bond acceptors (Lipinski definition) is 4. The zero-order valence-electron chi connectivity index (χ0n) is 14.2. The lowest BCUT2D eigenvalue weighted by Crippen LogP contribution is -2.48. The number of ether oxygens (including phenoxy) is 1. The average Bonchev–Trinajstić information content (AvgIpc) is 2.99. The van der Waals surface area contributed by atoms with E-state index in [1.165, 1.54) is 6.07 Å². The number of carbonyl (C=O) groups is 1. The maximum Gasteiger partial charge on any atom is 0.244 e. The summed E-state index contributed by atoms with van der Waals surface area (Å²) in [7, 11) is 0. The molecule has 0 aromatic heterocycles. The molecule has 0 aliphatic carbocycles. The first kappa shape index (κ1) is 20.7. The van der Waals surface area contributed by atoms with Gasteiger partial charge in [-0.3, -0.25) is 4.79 Å². The fourth-order valence-corrected chi connectivity index (χ4v) is 2.67. The highest BCUT2D eigenvalue weighted by Gasteiger charge is 2.27. The predicted molar refractivity (Wildman–Crippen MR) is 97.2 cm³/mol. The van der Waals surface area contributed by atoms with Gasteiger partial charge in [0.05, 0.1) is 17.3 Å². The summed E-state index contributed by atoms with van der Waals surface area (Å²) in [5.41, 5.74) is 5.83. The Bertz CT molecular complexity index is 549. The maximum atomic E-state index is 14.1. The quantitative estimate of drug-likeness (QED) is 0.698. The predicted octanol–water partition coefficient (Wildman–Crippen LogP) is 3.29. The molecule has 1 heterocycles. The van der Waals surface area contributed by atoms with Crippen LogP contribution >= 0.6 is 12.4 Å². The van der Waals surface area contributed by atoms with E-state index >= 15 is 0 Å². The first-order valence-corrected chi connectivity index (χ1v) is 8.17. The summed E-state index contributed by atoms with van der Waals surface area (Å²) < 4.78 is 19.6. The van der Waals surface area contributed by atoms with Crippen LogP contribution in [0.2, 0.25) is 0 Å². The van der Waals surface area contributed by atoms with Crippen molar-refractivity contribution in [2.45, 2.75) is 51.2 Å². The minimum absolute atomic E-state index is 0. The summed E-state index contributed by atoms with van der Waals surface area (Å²) in [6, 6.07) is 4.59. The third-order valence-electron chi connectivity index (χ3n) is 4.06. The molecule has 2 rings (SSSR count). The van der Waals surface area contributed by atoms with Gasteiger partial charge in [-0.1, -0.05) is 13.3 Å². The molecule has 136 valence electrons. The molecule has 1 aromatic carbocycles. The van der Waals surface area contributed by atoms with Gasteiger partial charge >= 0.3 is 0 Å². The SMILES string of the molecule is CCCC(C)(N)C(=O)Nc1ccc(NCC2CCCO2)c(F)c1.Cl. The fraction of sp³-hybridized carbons (Fsp3) is 0.588. The molecule has 0 saturated carbocycles. The second kappa shape index (κ2) is 9.20. The lowest BCUT2D eigenvalue weighted by atomic mass is 9.96. The molecule has 1 aliphatic heterocycles. The van der Waals surface area contributed by atoms with Gasteiger partial charge in [-0.2, -0.15) is 0 Å². The van der Waals surface area contributed by atoms with Gasteiger partial charge in [0.25, 0.3) is 0 Å². The van der Waals surface area contributed by atoms with E-state index in [1.54, 1.807) is 19.1 Å². The van der Waals surface area contributed by atoms with Gasteiger partial charge in [0.15, 0.2) is 0 Å². The third-order valence-corrected chi connectivity index (χ3v) is 4.06. The van der Waals surface area contributed by atoms with Gasteiger partial charge in [-0.05, 0) is 44.4 Å². The number of anilines is 2. The van der Waals surface area contributed by atoms with Crippen LogP contribution in [0, 0.1) is 5.82 Å². The lowest BCUT2D eigenvalue weighted by Gasteiger charge is -2.23. The summed E-state index contributed by atoms with van der Waals surface area (Å²) in [6.45, 7) is 5.00. The number of nitrogens with one attached hydrogen (secondary N) is 2. The van der Waals surface area contributed by atoms with E-state index in [1.807, 2.05) is 6.92 Å². The summed E-state index contributed by atoms with van der Waals surface area (Å²) in [6.07, 6.45) is 3.56. The van der Waals surface area contributed by atoms with Gasteiger partial charge in [-0.25, -0.2) is 4.39 Å². The van der Waals surface area contributed by atoms with Crippen molar-refractivity contribution in [1.29, 1.82) is 0 Å². The van der Waals surface area contributed by atoms with Crippen LogP contribution in [0.1, 0.15) is 39.5 Å². The summed E-state index contributed by atoms with van der Waals surface area (Å²) in [4.78, 5) is 12.1. The van der Waals surface area contributed by atoms with Crippen molar-refractivity contribution >= 4 is 29.7 Å². The molecule has 7 heteroatoms. The van der Waals surface area contributed by atoms with Crippen LogP contribution in [0.4, 0.5) is 15.8 Å². The van der Waals surface area contributed by atoms with E-state index in [0.29, 0.717) is 24.3 Å². The normalized spacial score (nSPS) is 19.2. The largest absolute Gasteiger partial charge is 0.380 e. The maximum absolute atomic E-state index is 14.1. The molecule has 2 atom stereocenters. The van der Waals surface area contributed by atoms with Gasteiger partial charge < -0.3 is 21.1 Å². The molecular formula is C17H27ClFN3O2. The second-order valence-electron chi connectivity index (χ2n) is 6.33. The van der Waals surface area contributed by atoms with Crippen LogP contribution in [0.3, 0.4) is 0 Å². The number of hydrogen-bond donors (Lipinski definition) is 3. The minimum Gasteiger partial charge on any atom is -0.380 e. The Morgan fingerprint density at radius 1 is 1.50 bits per heavy atom. The topological polar surface area (TPSA) is 76.4 Å². The number of amides is 1. The molecule has 0 radical (unpaired) electrons.